The lowest BCUT2D eigenvalue weighted by Crippen LogP contribution is -2.21. The summed E-state index contributed by atoms with van der Waals surface area (Å²) in [7, 11) is 3.06. The SMILES string of the molecule is CNC(=O)C(Cl)c1cnc(OC)s1. The van der Waals surface area contributed by atoms with Gasteiger partial charge in [0.2, 0.25) is 5.91 Å². The summed E-state index contributed by atoms with van der Waals surface area (Å²) in [5.74, 6) is -0.243. The third-order valence-electron chi connectivity index (χ3n) is 1.40. The first-order valence-electron chi connectivity index (χ1n) is 3.54. The Morgan fingerprint density at radius 3 is 3.00 bits per heavy atom. The van der Waals surface area contributed by atoms with Gasteiger partial charge in [-0.3, -0.25) is 4.79 Å². The summed E-state index contributed by atoms with van der Waals surface area (Å²) in [6, 6.07) is 0. The highest BCUT2D eigenvalue weighted by Crippen LogP contribution is 2.29. The highest BCUT2D eigenvalue weighted by atomic mass is 35.5. The molecule has 0 aromatic carbocycles. The molecular formula is C7H9ClN2O2S. The van der Waals surface area contributed by atoms with E-state index in [9.17, 15) is 4.79 Å². The topological polar surface area (TPSA) is 51.2 Å². The molecule has 4 nitrogen and oxygen atoms in total. The van der Waals surface area contributed by atoms with Crippen molar-refractivity contribution in [2.45, 2.75) is 5.38 Å². The summed E-state index contributed by atoms with van der Waals surface area (Å²) in [5, 5.41) is 2.27. The standard InChI is InChI=1S/C7H9ClN2O2S/c1-9-6(11)5(8)4-3-10-7(12-2)13-4/h3,5H,1-2H3,(H,9,11). The Morgan fingerprint density at radius 1 is 1.85 bits per heavy atom. The van der Waals surface area contributed by atoms with Crippen LogP contribution in [0.1, 0.15) is 10.3 Å². The van der Waals surface area contributed by atoms with E-state index in [1.54, 1.807) is 0 Å². The predicted octanol–water partition coefficient (Wildman–Crippen LogP) is 1.18. The Balaban J connectivity index is 2.76. The number of amides is 1. The number of aromatic nitrogens is 1. The quantitative estimate of drug-likeness (QED) is 0.779. The molecule has 0 aliphatic carbocycles. The molecule has 0 aliphatic heterocycles. The summed E-state index contributed by atoms with van der Waals surface area (Å²) in [5.41, 5.74) is 0. The average molecular weight is 221 g/mol. The van der Waals surface area contributed by atoms with Gasteiger partial charge < -0.3 is 10.1 Å². The number of halogens is 1. The van der Waals surface area contributed by atoms with E-state index >= 15 is 0 Å². The first-order chi connectivity index (χ1) is 6.19. The second kappa shape index (κ2) is 4.43. The van der Waals surface area contributed by atoms with Crippen molar-refractivity contribution < 1.29 is 9.53 Å². The van der Waals surface area contributed by atoms with Crippen LogP contribution in [0.4, 0.5) is 0 Å². The van der Waals surface area contributed by atoms with E-state index in [1.807, 2.05) is 0 Å². The Morgan fingerprint density at radius 2 is 2.54 bits per heavy atom. The van der Waals surface area contributed by atoms with Crippen LogP contribution in [0.5, 0.6) is 5.19 Å². The number of nitrogens with zero attached hydrogens (tertiary/aromatic N) is 1. The fourth-order valence-electron chi connectivity index (χ4n) is 0.737. The molecule has 1 aromatic rings. The highest BCUT2D eigenvalue weighted by molar-refractivity contribution is 7.13. The van der Waals surface area contributed by atoms with E-state index in [0.29, 0.717) is 10.1 Å². The van der Waals surface area contributed by atoms with Gasteiger partial charge in [-0.15, -0.1) is 11.6 Å². The Kier molecular flexibility index (Phi) is 3.50. The molecule has 0 saturated heterocycles. The van der Waals surface area contributed by atoms with Gasteiger partial charge in [0.15, 0.2) is 0 Å². The van der Waals surface area contributed by atoms with Crippen molar-refractivity contribution >= 4 is 28.8 Å². The van der Waals surface area contributed by atoms with Gasteiger partial charge in [-0.05, 0) is 0 Å². The molecule has 1 unspecified atom stereocenters. The normalized spacial score (nSPS) is 12.2. The minimum absolute atomic E-state index is 0.243. The smallest absolute Gasteiger partial charge is 0.273 e. The van der Waals surface area contributed by atoms with Gasteiger partial charge in [0, 0.05) is 13.2 Å². The second-order valence-electron chi connectivity index (χ2n) is 2.21. The monoisotopic (exact) mass is 220 g/mol. The third-order valence-corrected chi connectivity index (χ3v) is 2.99. The predicted molar refractivity (Wildman–Crippen MR) is 51.3 cm³/mol. The van der Waals surface area contributed by atoms with E-state index in [1.165, 1.54) is 31.7 Å². The van der Waals surface area contributed by atoms with Crippen LogP contribution in [0.3, 0.4) is 0 Å². The molecule has 0 saturated carbocycles. The molecule has 1 atom stereocenters. The zero-order valence-corrected chi connectivity index (χ0v) is 8.78. The van der Waals surface area contributed by atoms with Crippen molar-refractivity contribution in [2.75, 3.05) is 14.2 Å². The van der Waals surface area contributed by atoms with Gasteiger partial charge in [0.25, 0.3) is 5.19 Å². The van der Waals surface area contributed by atoms with Crippen LogP contribution in [0, 0.1) is 0 Å². The molecule has 1 rings (SSSR count). The lowest BCUT2D eigenvalue weighted by atomic mass is 10.3. The average Bonchev–Trinajstić information content (AvgIpc) is 2.63. The van der Waals surface area contributed by atoms with Crippen molar-refractivity contribution in [3.05, 3.63) is 11.1 Å². The van der Waals surface area contributed by atoms with Crippen LogP contribution in [0.2, 0.25) is 0 Å². The number of hydrogen-bond acceptors (Lipinski definition) is 4. The number of carbonyl (C=O) groups excluding carboxylic acids is 1. The van der Waals surface area contributed by atoms with Crippen LogP contribution < -0.4 is 10.1 Å². The van der Waals surface area contributed by atoms with E-state index in [4.69, 9.17) is 16.3 Å². The van der Waals surface area contributed by atoms with Crippen molar-refractivity contribution in [1.82, 2.24) is 10.3 Å². The molecule has 0 bridgehead atoms. The van der Waals surface area contributed by atoms with Gasteiger partial charge in [0.05, 0.1) is 12.0 Å². The molecule has 1 aromatic heterocycles. The number of likely N-dealkylation sites (N-methyl/N-ethyl adjacent to an activating group) is 1. The molecule has 1 heterocycles. The number of methoxy groups -OCH3 is 1. The zero-order valence-electron chi connectivity index (χ0n) is 7.20. The van der Waals surface area contributed by atoms with Gasteiger partial charge in [-0.2, -0.15) is 0 Å². The maximum atomic E-state index is 11.1. The molecule has 0 aliphatic rings. The summed E-state index contributed by atoms with van der Waals surface area (Å²) >= 11 is 7.09. The Bertz CT molecular complexity index is 302. The second-order valence-corrected chi connectivity index (χ2v) is 3.67. The zero-order chi connectivity index (χ0) is 9.84. The molecule has 6 heteroatoms. The summed E-state index contributed by atoms with van der Waals surface area (Å²) in [6.45, 7) is 0. The molecule has 1 N–H and O–H groups in total. The van der Waals surface area contributed by atoms with Crippen LogP contribution in [0.25, 0.3) is 0 Å². The largest absolute Gasteiger partial charge is 0.473 e. The number of rotatable bonds is 3. The lowest BCUT2D eigenvalue weighted by Gasteiger charge is -2.02. The molecular weight excluding hydrogens is 212 g/mol. The summed E-state index contributed by atoms with van der Waals surface area (Å²) < 4.78 is 4.88. The highest BCUT2D eigenvalue weighted by Gasteiger charge is 2.19. The van der Waals surface area contributed by atoms with Gasteiger partial charge in [-0.25, -0.2) is 4.98 Å². The number of alkyl halides is 1. The molecule has 0 radical (unpaired) electrons. The van der Waals surface area contributed by atoms with Gasteiger partial charge in [-0.1, -0.05) is 11.3 Å². The van der Waals surface area contributed by atoms with Crippen molar-refractivity contribution in [1.29, 1.82) is 0 Å². The van der Waals surface area contributed by atoms with E-state index in [0.717, 1.165) is 0 Å². The minimum atomic E-state index is -0.689. The van der Waals surface area contributed by atoms with Crippen molar-refractivity contribution in [3.8, 4) is 5.19 Å². The van der Waals surface area contributed by atoms with Crippen molar-refractivity contribution in [3.63, 3.8) is 0 Å². The van der Waals surface area contributed by atoms with Crippen molar-refractivity contribution in [2.24, 2.45) is 0 Å². The Labute approximate surface area is 84.9 Å². The van der Waals surface area contributed by atoms with E-state index in [2.05, 4.69) is 10.3 Å². The lowest BCUT2D eigenvalue weighted by molar-refractivity contribution is -0.120. The molecule has 0 fully saturated rings. The fraction of sp³-hybridized carbons (Fsp3) is 0.429. The van der Waals surface area contributed by atoms with Crippen LogP contribution in [0.15, 0.2) is 6.20 Å². The number of carbonyl (C=O) groups is 1. The first-order valence-corrected chi connectivity index (χ1v) is 4.79. The van der Waals surface area contributed by atoms with E-state index < -0.39 is 5.38 Å². The number of hydrogen-bond donors (Lipinski definition) is 1. The molecule has 0 spiro atoms. The van der Waals surface area contributed by atoms with Crippen LogP contribution in [-0.2, 0) is 4.79 Å². The van der Waals surface area contributed by atoms with Crippen LogP contribution in [-0.4, -0.2) is 25.0 Å². The maximum Gasteiger partial charge on any atom is 0.273 e. The van der Waals surface area contributed by atoms with Gasteiger partial charge in [0.1, 0.15) is 5.38 Å². The fourth-order valence-corrected chi connectivity index (χ4v) is 1.74. The third kappa shape index (κ3) is 2.32. The van der Waals surface area contributed by atoms with E-state index in [-0.39, 0.29) is 5.91 Å². The summed E-state index contributed by atoms with van der Waals surface area (Å²) in [4.78, 5) is 15.7. The number of thiazole rings is 1. The van der Waals surface area contributed by atoms with Crippen LogP contribution >= 0.6 is 22.9 Å². The maximum absolute atomic E-state index is 11.1. The Hall–Kier alpha value is -0.810. The first kappa shape index (κ1) is 10.3. The molecule has 72 valence electrons. The summed E-state index contributed by atoms with van der Waals surface area (Å²) in [6.07, 6.45) is 1.54. The number of ether oxygens (including phenoxy) is 1. The molecule has 13 heavy (non-hydrogen) atoms. The van der Waals surface area contributed by atoms with Gasteiger partial charge >= 0.3 is 0 Å². The minimum Gasteiger partial charge on any atom is -0.473 e. The number of nitrogens with one attached hydrogen (secondary N) is 1. The molecule has 1 amide bonds.